The molecule has 1 aliphatic heterocycles. The summed E-state index contributed by atoms with van der Waals surface area (Å²) in [7, 11) is 0. The van der Waals surface area contributed by atoms with Crippen LogP contribution < -0.4 is 5.32 Å². The number of alkyl halides is 1. The van der Waals surface area contributed by atoms with Crippen molar-refractivity contribution < 1.29 is 4.79 Å². The van der Waals surface area contributed by atoms with Crippen molar-refractivity contribution in [2.45, 2.75) is 6.42 Å². The molecule has 0 radical (unpaired) electrons. The lowest BCUT2D eigenvalue weighted by Crippen LogP contribution is -2.03. The lowest BCUT2D eigenvalue weighted by atomic mass is 9.99. The first kappa shape index (κ1) is 16.6. The van der Waals surface area contributed by atoms with Crippen LogP contribution in [0.1, 0.15) is 16.7 Å². The summed E-state index contributed by atoms with van der Waals surface area (Å²) < 4.78 is 0. The van der Waals surface area contributed by atoms with Gasteiger partial charge in [0.15, 0.2) is 0 Å². The van der Waals surface area contributed by atoms with Crippen LogP contribution in [0, 0.1) is 0 Å². The van der Waals surface area contributed by atoms with Crippen LogP contribution in [0.4, 0.5) is 5.69 Å². The number of anilines is 1. The molecule has 2 nitrogen and oxygen atoms in total. The molecule has 1 aliphatic rings. The Hall–Kier alpha value is -2.84. The summed E-state index contributed by atoms with van der Waals surface area (Å²) in [4.78, 5) is 12.4. The highest BCUT2D eigenvalue weighted by Gasteiger charge is 2.24. The zero-order valence-electron chi connectivity index (χ0n) is 14.2. The van der Waals surface area contributed by atoms with Crippen molar-refractivity contribution in [1.82, 2.24) is 0 Å². The Morgan fingerprint density at radius 1 is 0.885 bits per heavy atom. The Morgan fingerprint density at radius 3 is 2.35 bits per heavy atom. The summed E-state index contributed by atoms with van der Waals surface area (Å²) in [6.45, 7) is 0. The Bertz CT molecular complexity index is 975. The monoisotopic (exact) mass is 359 g/mol. The third-order valence-electron chi connectivity index (χ3n) is 4.58. The van der Waals surface area contributed by atoms with Gasteiger partial charge in [0.2, 0.25) is 0 Å². The lowest BCUT2D eigenvalue weighted by Gasteiger charge is -2.04. The Balaban J connectivity index is 1.67. The molecule has 3 heteroatoms. The van der Waals surface area contributed by atoms with Crippen molar-refractivity contribution in [2.75, 3.05) is 11.2 Å². The molecule has 0 unspecified atom stereocenters. The standard InChI is InChI=1S/C23H18ClNO/c24-13-12-17-8-11-22-20(14-17)21(23(26)25-22)15-16-6-9-19(10-7-16)18-4-2-1-3-5-18/h1-11,14-15H,12-13H2,(H,25,26). The van der Waals surface area contributed by atoms with Gasteiger partial charge in [0, 0.05) is 22.7 Å². The molecule has 0 aliphatic carbocycles. The van der Waals surface area contributed by atoms with Crippen molar-refractivity contribution in [3.05, 3.63) is 89.5 Å². The zero-order valence-corrected chi connectivity index (χ0v) is 15.0. The molecule has 0 bridgehead atoms. The van der Waals surface area contributed by atoms with E-state index < -0.39 is 0 Å². The van der Waals surface area contributed by atoms with E-state index in [9.17, 15) is 4.79 Å². The number of rotatable bonds is 4. The van der Waals surface area contributed by atoms with Gasteiger partial charge in [-0.2, -0.15) is 0 Å². The van der Waals surface area contributed by atoms with Gasteiger partial charge in [0.05, 0.1) is 0 Å². The SMILES string of the molecule is O=C1Nc2ccc(CCCl)cc2C1=Cc1ccc(-c2ccccc2)cc1. The highest BCUT2D eigenvalue weighted by Crippen LogP contribution is 2.34. The van der Waals surface area contributed by atoms with Crippen molar-refractivity contribution in [3.8, 4) is 11.1 Å². The molecule has 1 amide bonds. The quantitative estimate of drug-likeness (QED) is 0.475. The molecule has 3 aromatic carbocycles. The molecule has 0 fully saturated rings. The Kier molecular flexibility index (Phi) is 4.59. The first-order valence-corrected chi connectivity index (χ1v) is 9.16. The van der Waals surface area contributed by atoms with Crippen molar-refractivity contribution in [1.29, 1.82) is 0 Å². The van der Waals surface area contributed by atoms with Gasteiger partial charge < -0.3 is 5.32 Å². The normalized spacial score (nSPS) is 14.3. The van der Waals surface area contributed by atoms with Gasteiger partial charge in [0.1, 0.15) is 0 Å². The molecule has 26 heavy (non-hydrogen) atoms. The maximum absolute atomic E-state index is 12.4. The summed E-state index contributed by atoms with van der Waals surface area (Å²) >= 11 is 5.85. The lowest BCUT2D eigenvalue weighted by molar-refractivity contribution is -0.110. The van der Waals surface area contributed by atoms with Gasteiger partial charge in [-0.25, -0.2) is 0 Å². The van der Waals surface area contributed by atoms with Gasteiger partial charge in [-0.05, 0) is 46.9 Å². The number of fused-ring (bicyclic) bond motifs is 1. The fourth-order valence-electron chi connectivity index (χ4n) is 3.21. The fraction of sp³-hybridized carbons (Fsp3) is 0.0870. The topological polar surface area (TPSA) is 29.1 Å². The molecule has 0 spiro atoms. The molecule has 0 atom stereocenters. The van der Waals surface area contributed by atoms with Crippen molar-refractivity contribution in [2.24, 2.45) is 0 Å². The van der Waals surface area contributed by atoms with Gasteiger partial charge in [-0.3, -0.25) is 4.79 Å². The van der Waals surface area contributed by atoms with Crippen LogP contribution in [0.5, 0.6) is 0 Å². The van der Waals surface area contributed by atoms with E-state index in [0.717, 1.165) is 34.4 Å². The second-order valence-corrected chi connectivity index (χ2v) is 6.70. The molecular weight excluding hydrogens is 342 g/mol. The summed E-state index contributed by atoms with van der Waals surface area (Å²) in [5.41, 5.74) is 7.00. The van der Waals surface area contributed by atoms with Crippen LogP contribution in [-0.2, 0) is 11.2 Å². The number of benzene rings is 3. The Morgan fingerprint density at radius 2 is 1.62 bits per heavy atom. The van der Waals surface area contributed by atoms with Crippen LogP contribution in [0.2, 0.25) is 0 Å². The second-order valence-electron chi connectivity index (χ2n) is 6.32. The van der Waals surface area contributed by atoms with E-state index in [4.69, 9.17) is 11.6 Å². The van der Waals surface area contributed by atoms with E-state index >= 15 is 0 Å². The van der Waals surface area contributed by atoms with E-state index in [2.05, 4.69) is 35.6 Å². The first-order chi connectivity index (χ1) is 12.7. The molecule has 1 N–H and O–H groups in total. The summed E-state index contributed by atoms with van der Waals surface area (Å²) in [5.74, 6) is 0.510. The average Bonchev–Trinajstić information content (AvgIpc) is 2.98. The van der Waals surface area contributed by atoms with Crippen LogP contribution in [0.3, 0.4) is 0 Å². The van der Waals surface area contributed by atoms with E-state index in [1.165, 1.54) is 5.56 Å². The van der Waals surface area contributed by atoms with Crippen molar-refractivity contribution in [3.63, 3.8) is 0 Å². The molecule has 4 rings (SSSR count). The van der Waals surface area contributed by atoms with Gasteiger partial charge >= 0.3 is 0 Å². The average molecular weight is 360 g/mol. The highest BCUT2D eigenvalue weighted by atomic mass is 35.5. The van der Waals surface area contributed by atoms with Crippen molar-refractivity contribution >= 4 is 34.8 Å². The fourth-order valence-corrected chi connectivity index (χ4v) is 3.43. The molecule has 3 aromatic rings. The molecular formula is C23H18ClNO. The minimum atomic E-state index is -0.0600. The Labute approximate surface area is 158 Å². The van der Waals surface area contributed by atoms with Crippen LogP contribution in [0.15, 0.2) is 72.8 Å². The molecule has 0 saturated heterocycles. The highest BCUT2D eigenvalue weighted by molar-refractivity contribution is 6.35. The number of carbonyl (C=O) groups is 1. The first-order valence-electron chi connectivity index (χ1n) is 8.62. The maximum atomic E-state index is 12.4. The number of carbonyl (C=O) groups excluding carboxylic acids is 1. The number of nitrogens with one attached hydrogen (secondary N) is 1. The number of aryl methyl sites for hydroxylation is 1. The largest absolute Gasteiger partial charge is 0.321 e. The number of hydrogen-bond donors (Lipinski definition) is 1. The third-order valence-corrected chi connectivity index (χ3v) is 4.77. The number of halogens is 1. The second kappa shape index (κ2) is 7.19. The predicted molar refractivity (Wildman–Crippen MR) is 109 cm³/mol. The summed E-state index contributed by atoms with van der Waals surface area (Å²) in [6.07, 6.45) is 2.74. The molecule has 1 heterocycles. The third kappa shape index (κ3) is 3.29. The van der Waals surface area contributed by atoms with Gasteiger partial charge in [-0.15, -0.1) is 11.6 Å². The van der Waals surface area contributed by atoms with Gasteiger partial charge in [0.25, 0.3) is 5.91 Å². The summed E-state index contributed by atoms with van der Waals surface area (Å²) in [6, 6.07) is 24.5. The van der Waals surface area contributed by atoms with Crippen LogP contribution in [0.25, 0.3) is 22.8 Å². The number of amides is 1. The minimum Gasteiger partial charge on any atom is -0.321 e. The molecule has 128 valence electrons. The number of hydrogen-bond acceptors (Lipinski definition) is 1. The van der Waals surface area contributed by atoms with E-state index in [0.29, 0.717) is 11.5 Å². The maximum Gasteiger partial charge on any atom is 0.256 e. The zero-order chi connectivity index (χ0) is 17.9. The minimum absolute atomic E-state index is 0.0600. The smallest absolute Gasteiger partial charge is 0.256 e. The van der Waals surface area contributed by atoms with Crippen LogP contribution in [-0.4, -0.2) is 11.8 Å². The molecule has 0 saturated carbocycles. The van der Waals surface area contributed by atoms with Gasteiger partial charge in [-0.1, -0.05) is 60.7 Å². The molecule has 0 aromatic heterocycles. The van der Waals surface area contributed by atoms with E-state index in [1.54, 1.807) is 0 Å². The van der Waals surface area contributed by atoms with E-state index in [1.807, 2.05) is 48.5 Å². The van der Waals surface area contributed by atoms with E-state index in [-0.39, 0.29) is 5.91 Å². The van der Waals surface area contributed by atoms with Crippen LogP contribution >= 0.6 is 11.6 Å². The predicted octanol–water partition coefficient (Wildman–Crippen LogP) is 5.63. The summed E-state index contributed by atoms with van der Waals surface area (Å²) in [5, 5.41) is 2.93.